The Morgan fingerprint density at radius 2 is 1.95 bits per heavy atom. The average molecular weight is 305 g/mol. The summed E-state index contributed by atoms with van der Waals surface area (Å²) in [5, 5.41) is 0. The molecule has 0 aromatic heterocycles. The van der Waals surface area contributed by atoms with Crippen LogP contribution in [0.25, 0.3) is 0 Å². The Morgan fingerprint density at radius 1 is 1.25 bits per heavy atom. The van der Waals surface area contributed by atoms with E-state index in [1.807, 2.05) is 4.90 Å². The van der Waals surface area contributed by atoms with Gasteiger partial charge in [-0.2, -0.15) is 0 Å². The summed E-state index contributed by atoms with van der Waals surface area (Å²) in [7, 11) is 1.59. The van der Waals surface area contributed by atoms with E-state index < -0.39 is 6.04 Å². The SMILES string of the molecule is COCC(N)C(=O)N1CCCC1CC1CCCCC1.Cl. The number of hydrogen-bond donors (Lipinski definition) is 1. The van der Waals surface area contributed by atoms with Gasteiger partial charge in [-0.15, -0.1) is 12.4 Å². The van der Waals surface area contributed by atoms with Crippen molar-refractivity contribution >= 4 is 18.3 Å². The van der Waals surface area contributed by atoms with Gasteiger partial charge in [0.15, 0.2) is 0 Å². The summed E-state index contributed by atoms with van der Waals surface area (Å²) in [6, 6.07) is -0.0598. The Morgan fingerprint density at radius 3 is 2.60 bits per heavy atom. The van der Waals surface area contributed by atoms with E-state index in [4.69, 9.17) is 10.5 Å². The smallest absolute Gasteiger partial charge is 0.242 e. The molecule has 2 fully saturated rings. The minimum absolute atomic E-state index is 0. The first-order valence-corrected chi connectivity index (χ1v) is 7.77. The van der Waals surface area contributed by atoms with Crippen LogP contribution in [-0.4, -0.2) is 43.2 Å². The lowest BCUT2D eigenvalue weighted by molar-refractivity contribution is -0.134. The molecule has 1 saturated carbocycles. The number of carbonyl (C=O) groups excluding carboxylic acids is 1. The summed E-state index contributed by atoms with van der Waals surface area (Å²) in [5.41, 5.74) is 5.89. The molecule has 1 amide bonds. The van der Waals surface area contributed by atoms with Gasteiger partial charge in [0.25, 0.3) is 0 Å². The number of hydrogen-bond acceptors (Lipinski definition) is 3. The van der Waals surface area contributed by atoms with Crippen LogP contribution in [0.5, 0.6) is 0 Å². The molecule has 2 atom stereocenters. The number of amides is 1. The Kier molecular flexibility index (Phi) is 7.85. The molecule has 1 heterocycles. The molecule has 118 valence electrons. The molecule has 0 spiro atoms. The van der Waals surface area contributed by atoms with Crippen LogP contribution in [0.1, 0.15) is 51.4 Å². The van der Waals surface area contributed by atoms with Crippen LogP contribution in [0.15, 0.2) is 0 Å². The molecular formula is C15H29ClN2O2. The lowest BCUT2D eigenvalue weighted by Crippen LogP contribution is -2.48. The average Bonchev–Trinajstić information content (AvgIpc) is 2.87. The minimum atomic E-state index is -0.489. The third kappa shape index (κ3) is 4.61. The fraction of sp³-hybridized carbons (Fsp3) is 0.933. The number of nitrogens with zero attached hydrogens (tertiary/aromatic N) is 1. The zero-order valence-electron chi connectivity index (χ0n) is 12.6. The summed E-state index contributed by atoms with van der Waals surface area (Å²) in [4.78, 5) is 14.3. The van der Waals surface area contributed by atoms with E-state index in [2.05, 4.69) is 0 Å². The molecule has 0 aromatic carbocycles. The van der Waals surface area contributed by atoms with E-state index in [0.29, 0.717) is 12.6 Å². The predicted octanol–water partition coefficient (Wildman–Crippen LogP) is 2.34. The van der Waals surface area contributed by atoms with Crippen molar-refractivity contribution in [1.29, 1.82) is 0 Å². The molecule has 0 aromatic rings. The van der Waals surface area contributed by atoms with Gasteiger partial charge in [0.2, 0.25) is 5.91 Å². The Bertz CT molecular complexity index is 296. The Hall–Kier alpha value is -0.320. The number of nitrogens with two attached hydrogens (primary N) is 1. The van der Waals surface area contributed by atoms with E-state index in [9.17, 15) is 4.79 Å². The number of methoxy groups -OCH3 is 1. The predicted molar refractivity (Wildman–Crippen MR) is 83.0 cm³/mol. The van der Waals surface area contributed by atoms with Crippen LogP contribution in [0.2, 0.25) is 0 Å². The largest absolute Gasteiger partial charge is 0.383 e. The maximum absolute atomic E-state index is 12.3. The maximum Gasteiger partial charge on any atom is 0.242 e. The van der Waals surface area contributed by atoms with Gasteiger partial charge >= 0.3 is 0 Å². The fourth-order valence-electron chi connectivity index (χ4n) is 3.64. The van der Waals surface area contributed by atoms with E-state index in [1.54, 1.807) is 7.11 Å². The monoisotopic (exact) mass is 304 g/mol. The number of rotatable bonds is 5. The highest BCUT2D eigenvalue weighted by Gasteiger charge is 2.33. The van der Waals surface area contributed by atoms with Gasteiger partial charge in [0, 0.05) is 19.7 Å². The molecule has 4 nitrogen and oxygen atoms in total. The summed E-state index contributed by atoms with van der Waals surface area (Å²) in [6.45, 7) is 1.21. The van der Waals surface area contributed by atoms with E-state index in [0.717, 1.165) is 25.3 Å². The molecule has 20 heavy (non-hydrogen) atoms. The van der Waals surface area contributed by atoms with Crippen LogP contribution < -0.4 is 5.73 Å². The second kappa shape index (κ2) is 8.85. The number of ether oxygens (including phenoxy) is 1. The van der Waals surface area contributed by atoms with Crippen molar-refractivity contribution in [3.05, 3.63) is 0 Å². The summed E-state index contributed by atoms with van der Waals surface area (Å²) in [6.07, 6.45) is 10.3. The minimum Gasteiger partial charge on any atom is -0.383 e. The molecule has 0 bridgehead atoms. The van der Waals surface area contributed by atoms with Crippen molar-refractivity contribution in [3.63, 3.8) is 0 Å². The molecule has 1 aliphatic heterocycles. The van der Waals surface area contributed by atoms with Crippen molar-refractivity contribution < 1.29 is 9.53 Å². The summed E-state index contributed by atoms with van der Waals surface area (Å²) in [5.74, 6) is 0.908. The molecule has 0 radical (unpaired) electrons. The highest BCUT2D eigenvalue weighted by molar-refractivity contribution is 5.85. The van der Waals surface area contributed by atoms with Gasteiger partial charge in [0.05, 0.1) is 6.61 Å². The van der Waals surface area contributed by atoms with Gasteiger partial charge in [-0.1, -0.05) is 32.1 Å². The van der Waals surface area contributed by atoms with E-state index in [1.165, 1.54) is 38.5 Å². The van der Waals surface area contributed by atoms with Crippen molar-refractivity contribution in [3.8, 4) is 0 Å². The molecule has 2 N–H and O–H groups in total. The Balaban J connectivity index is 0.00000200. The van der Waals surface area contributed by atoms with E-state index >= 15 is 0 Å². The second-order valence-corrected chi connectivity index (χ2v) is 6.13. The molecule has 1 saturated heterocycles. The lowest BCUT2D eigenvalue weighted by Gasteiger charge is -2.31. The third-order valence-electron chi connectivity index (χ3n) is 4.65. The molecule has 5 heteroatoms. The van der Waals surface area contributed by atoms with Crippen LogP contribution in [0.3, 0.4) is 0 Å². The number of halogens is 1. The van der Waals surface area contributed by atoms with Crippen molar-refractivity contribution in [1.82, 2.24) is 4.90 Å². The van der Waals surface area contributed by atoms with Gasteiger partial charge in [-0.05, 0) is 25.2 Å². The second-order valence-electron chi connectivity index (χ2n) is 6.13. The number of carbonyl (C=O) groups is 1. The van der Waals surface area contributed by atoms with Crippen LogP contribution in [0, 0.1) is 5.92 Å². The zero-order chi connectivity index (χ0) is 13.7. The van der Waals surface area contributed by atoms with Gasteiger partial charge in [-0.25, -0.2) is 0 Å². The van der Waals surface area contributed by atoms with Gasteiger partial charge in [-0.3, -0.25) is 4.79 Å². The fourth-order valence-corrected chi connectivity index (χ4v) is 3.64. The zero-order valence-corrected chi connectivity index (χ0v) is 13.4. The van der Waals surface area contributed by atoms with Crippen molar-refractivity contribution in [2.75, 3.05) is 20.3 Å². The highest BCUT2D eigenvalue weighted by atomic mass is 35.5. The van der Waals surface area contributed by atoms with Gasteiger partial charge < -0.3 is 15.4 Å². The first-order valence-electron chi connectivity index (χ1n) is 7.77. The third-order valence-corrected chi connectivity index (χ3v) is 4.65. The molecule has 2 aliphatic rings. The van der Waals surface area contributed by atoms with Crippen molar-refractivity contribution in [2.24, 2.45) is 11.7 Å². The normalized spacial score (nSPS) is 25.3. The highest BCUT2D eigenvalue weighted by Crippen LogP contribution is 2.32. The standard InChI is InChI=1S/C15H28N2O2.ClH/c1-19-11-14(16)15(18)17-9-5-8-13(17)10-12-6-3-2-4-7-12;/h12-14H,2-11,16H2,1H3;1H. The summed E-state index contributed by atoms with van der Waals surface area (Å²) >= 11 is 0. The van der Waals surface area contributed by atoms with E-state index in [-0.39, 0.29) is 18.3 Å². The summed E-state index contributed by atoms with van der Waals surface area (Å²) < 4.78 is 5.00. The first-order chi connectivity index (χ1) is 9.22. The topological polar surface area (TPSA) is 55.6 Å². The number of likely N-dealkylation sites (tertiary alicyclic amines) is 1. The van der Waals surface area contributed by atoms with Crippen LogP contribution >= 0.6 is 12.4 Å². The lowest BCUT2D eigenvalue weighted by atomic mass is 9.84. The van der Waals surface area contributed by atoms with Crippen LogP contribution in [-0.2, 0) is 9.53 Å². The Labute approximate surface area is 128 Å². The van der Waals surface area contributed by atoms with Crippen LogP contribution in [0.4, 0.5) is 0 Å². The molecule has 2 rings (SSSR count). The molecule has 2 unspecified atom stereocenters. The quantitative estimate of drug-likeness (QED) is 0.848. The first kappa shape index (κ1) is 17.7. The molecular weight excluding hydrogens is 276 g/mol. The van der Waals surface area contributed by atoms with Crippen molar-refractivity contribution in [2.45, 2.75) is 63.5 Å². The maximum atomic E-state index is 12.3. The van der Waals surface area contributed by atoms with Gasteiger partial charge in [0.1, 0.15) is 6.04 Å². The molecule has 1 aliphatic carbocycles.